The zero-order valence-electron chi connectivity index (χ0n) is 15.5. The van der Waals surface area contributed by atoms with Crippen LogP contribution in [0.15, 0.2) is 24.3 Å². The van der Waals surface area contributed by atoms with Crippen LogP contribution < -0.4 is 5.32 Å². The smallest absolute Gasteiger partial charge is 0.317 e. The third kappa shape index (κ3) is 5.60. The van der Waals surface area contributed by atoms with Gasteiger partial charge in [0.05, 0.1) is 13.2 Å². The van der Waals surface area contributed by atoms with Crippen molar-refractivity contribution in [1.29, 1.82) is 0 Å². The molecule has 1 aromatic rings. The van der Waals surface area contributed by atoms with Crippen molar-refractivity contribution in [3.63, 3.8) is 0 Å². The summed E-state index contributed by atoms with van der Waals surface area (Å²) in [5.41, 5.74) is 1.16. The van der Waals surface area contributed by atoms with Crippen molar-refractivity contribution in [3.8, 4) is 0 Å². The van der Waals surface area contributed by atoms with Crippen LogP contribution in [0, 0.1) is 0 Å². The lowest BCUT2D eigenvalue weighted by molar-refractivity contribution is 0.0371. The molecule has 26 heavy (non-hydrogen) atoms. The summed E-state index contributed by atoms with van der Waals surface area (Å²) in [5, 5.41) is 3.88. The first-order valence-electron chi connectivity index (χ1n) is 9.81. The molecule has 144 valence electrons. The highest BCUT2D eigenvalue weighted by Crippen LogP contribution is 2.31. The Bertz CT molecular complexity index is 578. The number of ether oxygens (including phenoxy) is 1. The minimum absolute atomic E-state index is 0.0627. The van der Waals surface area contributed by atoms with Gasteiger partial charge in [-0.15, -0.1) is 0 Å². The van der Waals surface area contributed by atoms with Gasteiger partial charge in [-0.3, -0.25) is 4.90 Å². The quantitative estimate of drug-likeness (QED) is 0.739. The first kappa shape index (κ1) is 19.5. The lowest BCUT2D eigenvalue weighted by Gasteiger charge is -2.26. The molecule has 2 aliphatic heterocycles. The van der Waals surface area contributed by atoms with Gasteiger partial charge in [0.15, 0.2) is 0 Å². The van der Waals surface area contributed by atoms with Gasteiger partial charge in [-0.25, -0.2) is 4.79 Å². The molecule has 0 spiro atoms. The monoisotopic (exact) mass is 379 g/mol. The predicted molar refractivity (Wildman–Crippen MR) is 105 cm³/mol. The van der Waals surface area contributed by atoms with Crippen LogP contribution in [0.25, 0.3) is 0 Å². The number of urea groups is 1. The van der Waals surface area contributed by atoms with Gasteiger partial charge in [0.1, 0.15) is 0 Å². The van der Waals surface area contributed by atoms with Gasteiger partial charge in [-0.1, -0.05) is 36.2 Å². The van der Waals surface area contributed by atoms with Gasteiger partial charge < -0.3 is 15.0 Å². The number of morpholine rings is 1. The number of benzene rings is 1. The summed E-state index contributed by atoms with van der Waals surface area (Å²) in [6.07, 6.45) is 4.36. The number of halogens is 1. The maximum atomic E-state index is 12.3. The summed E-state index contributed by atoms with van der Waals surface area (Å²) in [5.74, 6) is 0.350. The van der Waals surface area contributed by atoms with Crippen LogP contribution in [0.3, 0.4) is 0 Å². The molecule has 6 heteroatoms. The molecule has 0 radical (unpaired) electrons. The van der Waals surface area contributed by atoms with E-state index in [0.717, 1.165) is 82.3 Å². The normalized spacial score (nSPS) is 21.1. The first-order valence-corrected chi connectivity index (χ1v) is 10.2. The van der Waals surface area contributed by atoms with Gasteiger partial charge in [0.2, 0.25) is 0 Å². The minimum atomic E-state index is 0.0627. The lowest BCUT2D eigenvalue weighted by atomic mass is 9.98. The van der Waals surface area contributed by atoms with E-state index >= 15 is 0 Å². The van der Waals surface area contributed by atoms with Gasteiger partial charge in [-0.05, 0) is 37.4 Å². The highest BCUT2D eigenvalue weighted by atomic mass is 35.5. The fourth-order valence-corrected chi connectivity index (χ4v) is 4.06. The fraction of sp³-hybridized carbons (Fsp3) is 0.650. The summed E-state index contributed by atoms with van der Waals surface area (Å²) in [6, 6.07) is 8.03. The van der Waals surface area contributed by atoms with E-state index < -0.39 is 0 Å². The Morgan fingerprint density at radius 2 is 1.96 bits per heavy atom. The average Bonchev–Trinajstić information content (AvgIpc) is 3.15. The van der Waals surface area contributed by atoms with Crippen LogP contribution in [0.1, 0.15) is 37.2 Å². The Balaban J connectivity index is 1.29. The highest BCUT2D eigenvalue weighted by Gasteiger charge is 2.28. The molecule has 1 unspecified atom stereocenters. The Hall–Kier alpha value is -1.30. The average molecular weight is 380 g/mol. The number of amides is 2. The Morgan fingerprint density at radius 3 is 2.77 bits per heavy atom. The summed E-state index contributed by atoms with van der Waals surface area (Å²) < 4.78 is 5.36. The fourth-order valence-electron chi connectivity index (χ4n) is 3.77. The Kier molecular flexibility index (Phi) is 7.59. The van der Waals surface area contributed by atoms with Gasteiger partial charge in [0.25, 0.3) is 0 Å². The minimum Gasteiger partial charge on any atom is -0.379 e. The van der Waals surface area contributed by atoms with Crippen LogP contribution in [0.5, 0.6) is 0 Å². The van der Waals surface area contributed by atoms with E-state index in [1.165, 1.54) is 6.42 Å². The standard InChI is InChI=1S/C20H30ClN3O2/c21-19-7-3-2-6-18(19)17-8-11-24(16-17)20(25)22-9-4-1-5-10-23-12-14-26-15-13-23/h2-3,6-7,17H,1,4-5,8-16H2,(H,22,25). The van der Waals surface area contributed by atoms with E-state index in [1.807, 2.05) is 23.1 Å². The number of carbonyl (C=O) groups is 1. The number of nitrogens with zero attached hydrogens (tertiary/aromatic N) is 2. The van der Waals surface area contributed by atoms with Crippen molar-refractivity contribution in [2.24, 2.45) is 0 Å². The molecule has 5 nitrogen and oxygen atoms in total. The van der Waals surface area contributed by atoms with Gasteiger partial charge in [0, 0.05) is 43.7 Å². The van der Waals surface area contributed by atoms with Crippen LogP contribution in [0.4, 0.5) is 4.79 Å². The van der Waals surface area contributed by atoms with Crippen molar-refractivity contribution in [2.75, 3.05) is 52.5 Å². The number of rotatable bonds is 7. The number of likely N-dealkylation sites (tertiary alicyclic amines) is 1. The number of nitrogens with one attached hydrogen (secondary N) is 1. The van der Waals surface area contributed by atoms with Gasteiger partial charge in [-0.2, -0.15) is 0 Å². The van der Waals surface area contributed by atoms with Crippen molar-refractivity contribution in [3.05, 3.63) is 34.9 Å². The number of hydrogen-bond donors (Lipinski definition) is 1. The molecule has 1 aromatic carbocycles. The van der Waals surface area contributed by atoms with Crippen LogP contribution >= 0.6 is 11.6 Å². The van der Waals surface area contributed by atoms with E-state index in [4.69, 9.17) is 16.3 Å². The molecular weight excluding hydrogens is 350 g/mol. The third-order valence-corrected chi connectivity index (χ3v) is 5.70. The Morgan fingerprint density at radius 1 is 1.15 bits per heavy atom. The van der Waals surface area contributed by atoms with Crippen LogP contribution in [0.2, 0.25) is 5.02 Å². The van der Waals surface area contributed by atoms with Crippen LogP contribution in [-0.4, -0.2) is 68.3 Å². The lowest BCUT2D eigenvalue weighted by Crippen LogP contribution is -2.39. The maximum absolute atomic E-state index is 12.3. The molecule has 1 N–H and O–H groups in total. The van der Waals surface area contributed by atoms with Crippen molar-refractivity contribution < 1.29 is 9.53 Å². The third-order valence-electron chi connectivity index (χ3n) is 5.35. The zero-order chi connectivity index (χ0) is 18.2. The summed E-state index contributed by atoms with van der Waals surface area (Å²) in [6.45, 7) is 7.29. The zero-order valence-corrected chi connectivity index (χ0v) is 16.2. The van der Waals surface area contributed by atoms with Crippen molar-refractivity contribution in [1.82, 2.24) is 15.1 Å². The van der Waals surface area contributed by atoms with Crippen LogP contribution in [-0.2, 0) is 4.74 Å². The van der Waals surface area contributed by atoms with E-state index in [-0.39, 0.29) is 6.03 Å². The number of carbonyl (C=O) groups excluding carboxylic acids is 1. The second-order valence-electron chi connectivity index (χ2n) is 7.20. The molecule has 3 rings (SSSR count). The molecule has 1 atom stereocenters. The van der Waals surface area contributed by atoms with E-state index in [1.54, 1.807) is 0 Å². The molecule has 0 saturated carbocycles. The largest absolute Gasteiger partial charge is 0.379 e. The van der Waals surface area contributed by atoms with E-state index in [9.17, 15) is 4.79 Å². The number of hydrogen-bond acceptors (Lipinski definition) is 3. The van der Waals surface area contributed by atoms with Crippen molar-refractivity contribution in [2.45, 2.75) is 31.6 Å². The van der Waals surface area contributed by atoms with E-state index in [0.29, 0.717) is 5.92 Å². The molecule has 0 aromatic heterocycles. The molecule has 0 bridgehead atoms. The molecule has 2 aliphatic rings. The molecule has 2 heterocycles. The molecule has 2 fully saturated rings. The topological polar surface area (TPSA) is 44.8 Å². The second-order valence-corrected chi connectivity index (χ2v) is 7.61. The number of unbranched alkanes of at least 4 members (excludes halogenated alkanes) is 2. The molecular formula is C20H30ClN3O2. The van der Waals surface area contributed by atoms with Crippen molar-refractivity contribution >= 4 is 17.6 Å². The molecule has 2 saturated heterocycles. The second kappa shape index (κ2) is 10.1. The Labute approximate surface area is 161 Å². The predicted octanol–water partition coefficient (Wildman–Crippen LogP) is 3.34. The van der Waals surface area contributed by atoms with E-state index in [2.05, 4.69) is 16.3 Å². The SMILES string of the molecule is O=C(NCCCCCN1CCOCC1)N1CCC(c2ccccc2Cl)C1. The summed E-state index contributed by atoms with van der Waals surface area (Å²) in [4.78, 5) is 16.7. The molecule has 0 aliphatic carbocycles. The van der Waals surface area contributed by atoms with Gasteiger partial charge >= 0.3 is 6.03 Å². The maximum Gasteiger partial charge on any atom is 0.317 e. The first-order chi connectivity index (χ1) is 12.7. The highest BCUT2D eigenvalue weighted by molar-refractivity contribution is 6.31. The summed E-state index contributed by atoms with van der Waals surface area (Å²) >= 11 is 6.29. The summed E-state index contributed by atoms with van der Waals surface area (Å²) in [7, 11) is 0. The molecule has 2 amide bonds.